The van der Waals surface area contributed by atoms with Gasteiger partial charge in [0.05, 0.1) is 19.9 Å². The third kappa shape index (κ3) is 4.68. The van der Waals surface area contributed by atoms with Crippen LogP contribution in [-0.4, -0.2) is 55.2 Å². The monoisotopic (exact) mass is 408 g/mol. The molecule has 10 heteroatoms. The Balaban J connectivity index is 1.56. The number of nitrogens with one attached hydrogen (secondary N) is 1. The van der Waals surface area contributed by atoms with E-state index in [-0.39, 0.29) is 18.4 Å². The van der Waals surface area contributed by atoms with Crippen molar-refractivity contribution < 1.29 is 22.5 Å². The van der Waals surface area contributed by atoms with E-state index in [1.54, 1.807) is 25.3 Å². The number of amides is 1. The summed E-state index contributed by atoms with van der Waals surface area (Å²) >= 11 is 0. The summed E-state index contributed by atoms with van der Waals surface area (Å²) in [4.78, 5) is 16.7. The SMILES string of the molecule is COc1ccc(C(=O)NCc2nc(C3CCN(S(C)(=O)=O)CC3)no2)c(C)c1. The number of piperidine rings is 1. The first kappa shape index (κ1) is 20.3. The fourth-order valence-corrected chi connectivity index (χ4v) is 4.09. The highest BCUT2D eigenvalue weighted by atomic mass is 32.2. The van der Waals surface area contributed by atoms with Gasteiger partial charge < -0.3 is 14.6 Å². The quantitative estimate of drug-likeness (QED) is 0.769. The van der Waals surface area contributed by atoms with Gasteiger partial charge in [-0.2, -0.15) is 4.98 Å². The highest BCUT2D eigenvalue weighted by Crippen LogP contribution is 2.27. The van der Waals surface area contributed by atoms with Gasteiger partial charge in [0.2, 0.25) is 15.9 Å². The highest BCUT2D eigenvalue weighted by Gasteiger charge is 2.28. The number of hydrogen-bond donors (Lipinski definition) is 1. The molecule has 0 unspecified atom stereocenters. The van der Waals surface area contributed by atoms with E-state index in [0.717, 1.165) is 5.56 Å². The number of benzene rings is 1. The van der Waals surface area contributed by atoms with Crippen molar-refractivity contribution in [3.63, 3.8) is 0 Å². The molecule has 0 aliphatic carbocycles. The Morgan fingerprint density at radius 2 is 2.07 bits per heavy atom. The molecule has 2 heterocycles. The number of ether oxygens (including phenoxy) is 1. The zero-order valence-corrected chi connectivity index (χ0v) is 17.0. The number of carbonyl (C=O) groups is 1. The van der Waals surface area contributed by atoms with Gasteiger partial charge in [0.1, 0.15) is 5.75 Å². The maximum Gasteiger partial charge on any atom is 0.251 e. The number of carbonyl (C=O) groups excluding carboxylic acids is 1. The van der Waals surface area contributed by atoms with E-state index in [4.69, 9.17) is 9.26 Å². The summed E-state index contributed by atoms with van der Waals surface area (Å²) in [5.74, 6) is 1.38. The van der Waals surface area contributed by atoms with Crippen molar-refractivity contribution in [2.45, 2.75) is 32.2 Å². The second kappa shape index (κ2) is 8.27. The molecule has 3 rings (SSSR count). The molecule has 0 radical (unpaired) electrons. The van der Waals surface area contributed by atoms with Gasteiger partial charge in [-0.05, 0) is 43.5 Å². The average Bonchev–Trinajstić information content (AvgIpc) is 3.14. The molecular formula is C18H24N4O5S. The predicted molar refractivity (Wildman–Crippen MR) is 102 cm³/mol. The van der Waals surface area contributed by atoms with Crippen molar-refractivity contribution in [1.82, 2.24) is 19.8 Å². The van der Waals surface area contributed by atoms with Crippen molar-refractivity contribution in [1.29, 1.82) is 0 Å². The van der Waals surface area contributed by atoms with Crippen LogP contribution in [-0.2, 0) is 16.6 Å². The minimum absolute atomic E-state index is 0.0510. The molecule has 1 aromatic carbocycles. The van der Waals surface area contributed by atoms with Crippen molar-refractivity contribution in [2.24, 2.45) is 0 Å². The number of methoxy groups -OCH3 is 1. The molecule has 1 amide bonds. The molecule has 9 nitrogen and oxygen atoms in total. The average molecular weight is 408 g/mol. The third-order valence-electron chi connectivity index (χ3n) is 4.85. The molecule has 0 spiro atoms. The minimum Gasteiger partial charge on any atom is -0.497 e. The second-order valence-corrected chi connectivity index (χ2v) is 8.83. The Labute approximate surface area is 164 Å². The van der Waals surface area contributed by atoms with Crippen LogP contribution in [0.1, 0.15) is 46.4 Å². The lowest BCUT2D eigenvalue weighted by Gasteiger charge is -2.28. The van der Waals surface area contributed by atoms with Gasteiger partial charge >= 0.3 is 0 Å². The molecular weight excluding hydrogens is 384 g/mol. The van der Waals surface area contributed by atoms with Crippen molar-refractivity contribution in [3.05, 3.63) is 41.0 Å². The van der Waals surface area contributed by atoms with Gasteiger partial charge in [0.25, 0.3) is 5.91 Å². The molecule has 1 N–H and O–H groups in total. The molecule has 1 fully saturated rings. The third-order valence-corrected chi connectivity index (χ3v) is 6.15. The van der Waals surface area contributed by atoms with Crippen molar-refractivity contribution in [3.8, 4) is 5.75 Å². The van der Waals surface area contributed by atoms with E-state index in [1.807, 2.05) is 6.92 Å². The lowest BCUT2D eigenvalue weighted by atomic mass is 9.98. The van der Waals surface area contributed by atoms with E-state index in [2.05, 4.69) is 15.5 Å². The molecule has 1 saturated heterocycles. The Bertz CT molecular complexity index is 949. The van der Waals surface area contributed by atoms with Crippen LogP contribution in [0.25, 0.3) is 0 Å². The number of aryl methyl sites for hydroxylation is 1. The first-order valence-electron chi connectivity index (χ1n) is 8.98. The topological polar surface area (TPSA) is 115 Å². The van der Waals surface area contributed by atoms with Crippen LogP contribution in [0.2, 0.25) is 0 Å². The summed E-state index contributed by atoms with van der Waals surface area (Å²) in [7, 11) is -1.59. The minimum atomic E-state index is -3.17. The zero-order valence-electron chi connectivity index (χ0n) is 16.1. The van der Waals surface area contributed by atoms with Crippen LogP contribution in [0.3, 0.4) is 0 Å². The van der Waals surface area contributed by atoms with E-state index < -0.39 is 10.0 Å². The summed E-state index contributed by atoms with van der Waals surface area (Å²) in [5, 5.41) is 6.77. The van der Waals surface area contributed by atoms with Gasteiger partial charge in [0.15, 0.2) is 5.82 Å². The molecule has 2 aromatic rings. The van der Waals surface area contributed by atoms with E-state index in [1.165, 1.54) is 10.6 Å². The fourth-order valence-electron chi connectivity index (χ4n) is 3.22. The van der Waals surface area contributed by atoms with Crippen molar-refractivity contribution >= 4 is 15.9 Å². The van der Waals surface area contributed by atoms with Crippen molar-refractivity contribution in [2.75, 3.05) is 26.5 Å². The summed E-state index contributed by atoms with van der Waals surface area (Å²) in [6.45, 7) is 2.85. The van der Waals surface area contributed by atoms with Crippen LogP contribution in [0, 0.1) is 6.92 Å². The van der Waals surface area contributed by atoms with Crippen LogP contribution in [0.15, 0.2) is 22.7 Å². The Morgan fingerprint density at radius 3 is 2.68 bits per heavy atom. The molecule has 152 valence electrons. The number of rotatable bonds is 6. The van der Waals surface area contributed by atoms with Crippen LogP contribution in [0.4, 0.5) is 0 Å². The Morgan fingerprint density at radius 1 is 1.36 bits per heavy atom. The molecule has 0 saturated carbocycles. The number of sulfonamides is 1. The van der Waals surface area contributed by atoms with Gasteiger partial charge in [0, 0.05) is 24.6 Å². The van der Waals surface area contributed by atoms with E-state index in [9.17, 15) is 13.2 Å². The molecule has 0 bridgehead atoms. The normalized spacial score (nSPS) is 16.1. The smallest absolute Gasteiger partial charge is 0.251 e. The Hall–Kier alpha value is -2.46. The largest absolute Gasteiger partial charge is 0.497 e. The molecule has 28 heavy (non-hydrogen) atoms. The van der Waals surface area contributed by atoms with Gasteiger partial charge in [-0.1, -0.05) is 5.16 Å². The van der Waals surface area contributed by atoms with E-state index >= 15 is 0 Å². The first-order valence-corrected chi connectivity index (χ1v) is 10.8. The lowest BCUT2D eigenvalue weighted by molar-refractivity contribution is 0.0945. The number of nitrogens with zero attached hydrogens (tertiary/aromatic N) is 3. The Kier molecular flexibility index (Phi) is 5.99. The van der Waals surface area contributed by atoms with Crippen LogP contribution >= 0.6 is 0 Å². The van der Waals surface area contributed by atoms with E-state index in [0.29, 0.717) is 49.0 Å². The van der Waals surface area contributed by atoms with Gasteiger partial charge in [-0.25, -0.2) is 12.7 Å². The second-order valence-electron chi connectivity index (χ2n) is 6.85. The summed E-state index contributed by atoms with van der Waals surface area (Å²) in [6, 6.07) is 5.23. The molecule has 0 atom stereocenters. The maximum atomic E-state index is 12.4. The summed E-state index contributed by atoms with van der Waals surface area (Å²) in [5.41, 5.74) is 1.36. The lowest BCUT2D eigenvalue weighted by Crippen LogP contribution is -2.37. The zero-order chi connectivity index (χ0) is 20.3. The first-order chi connectivity index (χ1) is 13.3. The van der Waals surface area contributed by atoms with Crippen LogP contribution < -0.4 is 10.1 Å². The molecule has 1 aliphatic rings. The van der Waals surface area contributed by atoms with Crippen LogP contribution in [0.5, 0.6) is 5.75 Å². The molecule has 1 aliphatic heterocycles. The number of aromatic nitrogens is 2. The summed E-state index contributed by atoms with van der Waals surface area (Å²) < 4.78 is 35.0. The van der Waals surface area contributed by atoms with Gasteiger partial charge in [-0.15, -0.1) is 0 Å². The fraction of sp³-hybridized carbons (Fsp3) is 0.500. The predicted octanol–water partition coefficient (Wildman–Crippen LogP) is 1.46. The maximum absolute atomic E-state index is 12.4. The summed E-state index contributed by atoms with van der Waals surface area (Å²) in [6.07, 6.45) is 2.50. The standard InChI is InChI=1S/C18H24N4O5S/c1-12-10-14(26-2)4-5-15(12)18(23)19-11-16-20-17(21-27-16)13-6-8-22(9-7-13)28(3,24)25/h4-5,10,13H,6-9,11H2,1-3H3,(H,19,23). The molecule has 1 aromatic heterocycles. The highest BCUT2D eigenvalue weighted by molar-refractivity contribution is 7.88. The van der Waals surface area contributed by atoms with Gasteiger partial charge in [-0.3, -0.25) is 4.79 Å². The number of hydrogen-bond acceptors (Lipinski definition) is 7.